The number of urea groups is 1. The summed E-state index contributed by atoms with van der Waals surface area (Å²) >= 11 is 7.14. The van der Waals surface area contributed by atoms with Crippen molar-refractivity contribution in [3.63, 3.8) is 0 Å². The monoisotopic (exact) mass is 494 g/mol. The Bertz CT molecular complexity index is 1170. The van der Waals surface area contributed by atoms with Gasteiger partial charge in [0.2, 0.25) is 0 Å². The van der Waals surface area contributed by atoms with Crippen LogP contribution >= 0.6 is 22.9 Å². The Kier molecular flexibility index (Phi) is 6.66. The Hall–Kier alpha value is -2.98. The number of nitrogens with zero attached hydrogens (tertiary/aromatic N) is 4. The van der Waals surface area contributed by atoms with E-state index in [1.54, 1.807) is 18.3 Å². The van der Waals surface area contributed by atoms with Crippen LogP contribution in [0.15, 0.2) is 48.8 Å². The molecule has 0 bridgehead atoms. The fourth-order valence-corrected chi connectivity index (χ4v) is 4.46. The normalized spacial score (nSPS) is 14.2. The van der Waals surface area contributed by atoms with Crippen LogP contribution < -0.4 is 4.90 Å². The predicted octanol–water partition coefficient (Wildman–Crippen LogP) is 5.47. The van der Waals surface area contributed by atoms with Gasteiger partial charge in [0.25, 0.3) is 0 Å². The molecule has 3 aromatic rings. The summed E-state index contributed by atoms with van der Waals surface area (Å²) in [5.74, 6) is 0.276. The lowest BCUT2D eigenvalue weighted by molar-refractivity contribution is -0.137. The molecule has 0 spiro atoms. The lowest BCUT2D eigenvalue weighted by Gasteiger charge is -2.18. The van der Waals surface area contributed by atoms with E-state index in [0.717, 1.165) is 17.0 Å². The van der Waals surface area contributed by atoms with E-state index < -0.39 is 11.7 Å². The summed E-state index contributed by atoms with van der Waals surface area (Å²) < 4.78 is 38.7. The highest BCUT2D eigenvalue weighted by atomic mass is 35.5. The van der Waals surface area contributed by atoms with Gasteiger partial charge in [0.05, 0.1) is 5.56 Å². The van der Waals surface area contributed by atoms with Crippen LogP contribution in [0.25, 0.3) is 0 Å². The van der Waals surface area contributed by atoms with Crippen molar-refractivity contribution in [2.45, 2.75) is 25.6 Å². The smallest absolute Gasteiger partial charge is 0.318 e. The highest BCUT2D eigenvalue weighted by Crippen LogP contribution is 2.29. The minimum atomic E-state index is -4.40. The molecule has 3 heterocycles. The third kappa shape index (κ3) is 5.51. The van der Waals surface area contributed by atoms with Gasteiger partial charge in [-0.1, -0.05) is 23.7 Å². The SMILES string of the molecule is O=C(CCc1cnc(Cl)s1)c1ccnc(N2CCN(Cc3ccc(C(F)(F)F)cc3)C2=O)c1. The third-order valence-corrected chi connectivity index (χ3v) is 6.39. The molecule has 2 aromatic heterocycles. The molecule has 1 aliphatic rings. The van der Waals surface area contributed by atoms with Gasteiger partial charge in [0.1, 0.15) is 5.82 Å². The molecule has 2 amide bonds. The van der Waals surface area contributed by atoms with Gasteiger partial charge in [-0.05, 0) is 36.2 Å². The van der Waals surface area contributed by atoms with Crippen molar-refractivity contribution >= 4 is 40.6 Å². The van der Waals surface area contributed by atoms with Crippen molar-refractivity contribution in [2.75, 3.05) is 18.0 Å². The number of halogens is 4. The Balaban J connectivity index is 1.39. The highest BCUT2D eigenvalue weighted by Gasteiger charge is 2.32. The van der Waals surface area contributed by atoms with Crippen LogP contribution in [0, 0.1) is 0 Å². The second-order valence-corrected chi connectivity index (χ2v) is 9.15. The standard InChI is InChI=1S/C22H18ClF3N4O2S/c23-20-28-12-17(33-20)5-6-18(31)15-7-8-27-19(11-15)30-10-9-29(21(30)32)13-14-1-3-16(4-2-14)22(24,25)26/h1-4,7-8,11-12H,5-6,9-10,13H2. The van der Waals surface area contributed by atoms with Crippen molar-refractivity contribution < 1.29 is 22.8 Å². The van der Waals surface area contributed by atoms with Gasteiger partial charge in [-0.3, -0.25) is 9.69 Å². The number of ketones is 1. The molecule has 1 saturated heterocycles. The topological polar surface area (TPSA) is 66.4 Å². The van der Waals surface area contributed by atoms with Crippen molar-refractivity contribution in [1.82, 2.24) is 14.9 Å². The maximum atomic E-state index is 12.9. The largest absolute Gasteiger partial charge is 0.416 e. The maximum absolute atomic E-state index is 12.9. The second kappa shape index (κ2) is 9.48. The number of Topliss-reactive ketones (excluding diaryl/α,β-unsaturated/α-hetero) is 1. The zero-order chi connectivity index (χ0) is 23.6. The molecular formula is C22H18ClF3N4O2S. The van der Waals surface area contributed by atoms with Crippen LogP contribution in [0.5, 0.6) is 0 Å². The minimum Gasteiger partial charge on any atom is -0.318 e. The van der Waals surface area contributed by atoms with E-state index in [1.165, 1.54) is 39.5 Å². The van der Waals surface area contributed by atoms with E-state index >= 15 is 0 Å². The van der Waals surface area contributed by atoms with Gasteiger partial charge in [-0.25, -0.2) is 14.8 Å². The van der Waals surface area contributed by atoms with E-state index in [1.807, 2.05) is 0 Å². The average molecular weight is 495 g/mol. The zero-order valence-electron chi connectivity index (χ0n) is 17.2. The third-order valence-electron chi connectivity index (χ3n) is 5.22. The summed E-state index contributed by atoms with van der Waals surface area (Å²) in [4.78, 5) is 37.6. The number of benzene rings is 1. The molecule has 0 unspecified atom stereocenters. The number of carbonyl (C=O) groups is 2. The van der Waals surface area contributed by atoms with E-state index in [9.17, 15) is 22.8 Å². The molecule has 1 aliphatic heterocycles. The van der Waals surface area contributed by atoms with E-state index in [0.29, 0.717) is 40.9 Å². The van der Waals surface area contributed by atoms with Crippen LogP contribution in [0.2, 0.25) is 4.47 Å². The molecule has 6 nitrogen and oxygen atoms in total. The number of alkyl halides is 3. The van der Waals surface area contributed by atoms with Gasteiger partial charge in [-0.15, -0.1) is 11.3 Å². The van der Waals surface area contributed by atoms with Gasteiger partial charge in [0.15, 0.2) is 10.3 Å². The van der Waals surface area contributed by atoms with Crippen molar-refractivity contribution in [2.24, 2.45) is 0 Å². The lowest BCUT2D eigenvalue weighted by Crippen LogP contribution is -2.32. The molecule has 4 rings (SSSR count). The minimum absolute atomic E-state index is 0.0866. The molecule has 0 radical (unpaired) electrons. The molecule has 172 valence electrons. The molecule has 1 fully saturated rings. The number of aromatic nitrogens is 2. The fraction of sp³-hybridized carbons (Fsp3) is 0.273. The quantitative estimate of drug-likeness (QED) is 0.409. The zero-order valence-corrected chi connectivity index (χ0v) is 18.8. The summed E-state index contributed by atoms with van der Waals surface area (Å²) in [6.07, 6.45) is -0.481. The number of aryl methyl sites for hydroxylation is 1. The Morgan fingerprint density at radius 1 is 1.12 bits per heavy atom. The Labute approximate surface area is 196 Å². The first-order valence-electron chi connectivity index (χ1n) is 10.0. The number of rotatable bonds is 7. The number of carbonyl (C=O) groups excluding carboxylic acids is 2. The molecular weight excluding hydrogens is 477 g/mol. The van der Waals surface area contributed by atoms with Crippen LogP contribution in [0.4, 0.5) is 23.8 Å². The number of hydrogen-bond donors (Lipinski definition) is 0. The number of thiazole rings is 1. The first-order valence-corrected chi connectivity index (χ1v) is 11.2. The Morgan fingerprint density at radius 2 is 1.88 bits per heavy atom. The Morgan fingerprint density at radius 3 is 2.55 bits per heavy atom. The summed E-state index contributed by atoms with van der Waals surface area (Å²) in [7, 11) is 0. The molecule has 0 N–H and O–H groups in total. The number of hydrogen-bond acceptors (Lipinski definition) is 5. The van der Waals surface area contributed by atoms with E-state index in [-0.39, 0.29) is 24.8 Å². The number of amides is 2. The first-order chi connectivity index (χ1) is 15.7. The summed E-state index contributed by atoms with van der Waals surface area (Å²) in [5, 5.41) is 0. The number of anilines is 1. The molecule has 0 atom stereocenters. The lowest BCUT2D eigenvalue weighted by atomic mass is 10.1. The summed E-state index contributed by atoms with van der Waals surface area (Å²) in [5.41, 5.74) is 0.313. The van der Waals surface area contributed by atoms with Crippen LogP contribution in [-0.4, -0.2) is 39.8 Å². The fourth-order valence-electron chi connectivity index (χ4n) is 3.48. The predicted molar refractivity (Wildman–Crippen MR) is 119 cm³/mol. The molecule has 1 aromatic carbocycles. The summed E-state index contributed by atoms with van der Waals surface area (Å²) in [6, 6.07) is 7.62. The highest BCUT2D eigenvalue weighted by molar-refractivity contribution is 7.15. The molecule has 0 saturated carbocycles. The van der Waals surface area contributed by atoms with Crippen molar-refractivity contribution in [3.05, 3.63) is 74.8 Å². The van der Waals surface area contributed by atoms with Crippen molar-refractivity contribution in [1.29, 1.82) is 0 Å². The van der Waals surface area contributed by atoms with Crippen LogP contribution in [0.3, 0.4) is 0 Å². The van der Waals surface area contributed by atoms with Crippen LogP contribution in [-0.2, 0) is 19.1 Å². The molecule has 11 heteroatoms. The summed E-state index contributed by atoms with van der Waals surface area (Å²) in [6.45, 7) is 0.943. The maximum Gasteiger partial charge on any atom is 0.416 e. The van der Waals surface area contributed by atoms with E-state index in [2.05, 4.69) is 9.97 Å². The van der Waals surface area contributed by atoms with Gasteiger partial charge < -0.3 is 4.90 Å². The number of pyridine rings is 1. The van der Waals surface area contributed by atoms with Gasteiger partial charge in [-0.2, -0.15) is 13.2 Å². The first kappa shape index (κ1) is 23.2. The molecule has 33 heavy (non-hydrogen) atoms. The van der Waals surface area contributed by atoms with E-state index in [4.69, 9.17) is 11.6 Å². The average Bonchev–Trinajstić information content (AvgIpc) is 3.37. The molecule has 0 aliphatic carbocycles. The van der Waals surface area contributed by atoms with Gasteiger partial charge in [0, 0.05) is 48.9 Å². The van der Waals surface area contributed by atoms with Crippen molar-refractivity contribution in [3.8, 4) is 0 Å². The van der Waals surface area contributed by atoms with Crippen LogP contribution in [0.1, 0.15) is 32.8 Å². The second-order valence-electron chi connectivity index (χ2n) is 7.46. The van der Waals surface area contributed by atoms with Gasteiger partial charge >= 0.3 is 12.2 Å².